The van der Waals surface area contributed by atoms with Crippen LogP contribution in [0.25, 0.3) is 0 Å². The average Bonchev–Trinajstić information content (AvgIpc) is 2.63. The van der Waals surface area contributed by atoms with Crippen molar-refractivity contribution >= 4 is 11.8 Å². The van der Waals surface area contributed by atoms with E-state index in [0.717, 1.165) is 42.5 Å². The van der Waals surface area contributed by atoms with Crippen molar-refractivity contribution in [1.82, 2.24) is 5.32 Å². The predicted octanol–water partition coefficient (Wildman–Crippen LogP) is 2.08. The lowest BCUT2D eigenvalue weighted by Gasteiger charge is -2.26. The van der Waals surface area contributed by atoms with Crippen molar-refractivity contribution in [2.75, 3.05) is 24.6 Å². The van der Waals surface area contributed by atoms with Gasteiger partial charge in [-0.2, -0.15) is 11.8 Å². The molecule has 0 spiro atoms. The van der Waals surface area contributed by atoms with Crippen LogP contribution in [-0.4, -0.2) is 30.7 Å². The van der Waals surface area contributed by atoms with Crippen LogP contribution in [0.4, 0.5) is 4.39 Å². The summed E-state index contributed by atoms with van der Waals surface area (Å²) in [6, 6.07) is 4.80. The fourth-order valence-electron chi connectivity index (χ4n) is 2.21. The van der Waals surface area contributed by atoms with Gasteiger partial charge in [-0.15, -0.1) is 0 Å². The molecule has 1 unspecified atom stereocenters. The second kappa shape index (κ2) is 4.86. The lowest BCUT2D eigenvalue weighted by Crippen LogP contribution is -2.43. The number of rotatable bonds is 4. The number of benzene rings is 1. The van der Waals surface area contributed by atoms with Crippen LogP contribution >= 0.6 is 11.8 Å². The van der Waals surface area contributed by atoms with Gasteiger partial charge in [0.2, 0.25) is 0 Å². The molecule has 92 valence electrons. The van der Waals surface area contributed by atoms with E-state index in [1.165, 1.54) is 11.8 Å². The van der Waals surface area contributed by atoms with Gasteiger partial charge in [0.1, 0.15) is 17.7 Å². The Morgan fingerprint density at radius 1 is 1.35 bits per heavy atom. The minimum atomic E-state index is -0.166. The molecule has 0 aliphatic carbocycles. The maximum atomic E-state index is 13.0. The molecule has 0 aromatic heterocycles. The van der Waals surface area contributed by atoms with Gasteiger partial charge in [-0.3, -0.25) is 0 Å². The van der Waals surface area contributed by atoms with E-state index in [4.69, 9.17) is 4.74 Å². The van der Waals surface area contributed by atoms with Crippen molar-refractivity contribution in [3.8, 4) is 5.75 Å². The van der Waals surface area contributed by atoms with Crippen LogP contribution in [0.15, 0.2) is 18.2 Å². The zero-order valence-electron chi connectivity index (χ0n) is 9.62. The van der Waals surface area contributed by atoms with Crippen LogP contribution in [0.1, 0.15) is 5.56 Å². The van der Waals surface area contributed by atoms with Gasteiger partial charge in [0.25, 0.3) is 0 Å². The topological polar surface area (TPSA) is 21.3 Å². The van der Waals surface area contributed by atoms with Crippen molar-refractivity contribution in [2.24, 2.45) is 5.92 Å². The molecule has 1 aromatic carbocycles. The third-order valence-corrected chi connectivity index (χ3v) is 4.60. The Hall–Kier alpha value is -0.740. The van der Waals surface area contributed by atoms with Gasteiger partial charge in [0, 0.05) is 17.7 Å². The fraction of sp³-hybridized carbons (Fsp3) is 0.538. The molecular formula is C13H16FNOS. The molecule has 1 N–H and O–H groups in total. The highest BCUT2D eigenvalue weighted by atomic mass is 32.2. The molecule has 2 nitrogen and oxygen atoms in total. The van der Waals surface area contributed by atoms with E-state index >= 15 is 0 Å². The molecule has 1 saturated heterocycles. The number of nitrogens with one attached hydrogen (secondary N) is 1. The minimum absolute atomic E-state index is 0.166. The number of thioether (sulfide) groups is 1. The number of halogens is 1. The van der Waals surface area contributed by atoms with Crippen LogP contribution in [0.2, 0.25) is 0 Å². The van der Waals surface area contributed by atoms with E-state index in [1.54, 1.807) is 12.1 Å². The highest BCUT2D eigenvalue weighted by Gasteiger charge is 2.24. The normalized spacial score (nSPS) is 23.0. The highest BCUT2D eigenvalue weighted by molar-refractivity contribution is 7.99. The molecule has 2 heterocycles. The second-order valence-corrected chi connectivity index (χ2v) is 5.83. The molecule has 3 rings (SSSR count). The molecule has 17 heavy (non-hydrogen) atoms. The predicted molar refractivity (Wildman–Crippen MR) is 68.2 cm³/mol. The Morgan fingerprint density at radius 3 is 3.00 bits per heavy atom. The quantitative estimate of drug-likeness (QED) is 0.887. The van der Waals surface area contributed by atoms with Gasteiger partial charge in [0.15, 0.2) is 0 Å². The molecule has 1 fully saturated rings. The molecule has 2 aliphatic rings. The van der Waals surface area contributed by atoms with E-state index < -0.39 is 0 Å². The smallest absolute Gasteiger partial charge is 0.123 e. The van der Waals surface area contributed by atoms with Crippen LogP contribution in [0.5, 0.6) is 5.75 Å². The lowest BCUT2D eigenvalue weighted by molar-refractivity contribution is 0.259. The third-order valence-electron chi connectivity index (χ3n) is 3.29. The Kier molecular flexibility index (Phi) is 3.25. The lowest BCUT2D eigenvalue weighted by atomic mass is 10.1. The summed E-state index contributed by atoms with van der Waals surface area (Å²) in [7, 11) is 0. The maximum Gasteiger partial charge on any atom is 0.123 e. The van der Waals surface area contributed by atoms with Gasteiger partial charge >= 0.3 is 0 Å². The average molecular weight is 253 g/mol. The maximum absolute atomic E-state index is 13.0. The fourth-order valence-corrected chi connectivity index (χ4v) is 3.37. The van der Waals surface area contributed by atoms with E-state index in [1.807, 2.05) is 11.8 Å². The van der Waals surface area contributed by atoms with E-state index in [2.05, 4.69) is 5.32 Å². The Balaban J connectivity index is 1.48. The second-order valence-electron chi connectivity index (χ2n) is 4.76. The molecule has 0 saturated carbocycles. The van der Waals surface area contributed by atoms with Crippen molar-refractivity contribution < 1.29 is 9.13 Å². The molecule has 0 bridgehead atoms. The molecule has 2 aliphatic heterocycles. The first-order valence-electron chi connectivity index (χ1n) is 6.05. The van der Waals surface area contributed by atoms with Crippen molar-refractivity contribution in [3.63, 3.8) is 0 Å². The van der Waals surface area contributed by atoms with E-state index in [9.17, 15) is 4.39 Å². The number of hydrogen-bond donors (Lipinski definition) is 1. The number of fused-ring (bicyclic) bond motifs is 1. The van der Waals surface area contributed by atoms with Crippen LogP contribution in [0, 0.1) is 11.7 Å². The Labute approximate surface area is 105 Å². The summed E-state index contributed by atoms with van der Waals surface area (Å²) in [6.45, 7) is 2.31. The van der Waals surface area contributed by atoms with Gasteiger partial charge in [-0.05, 0) is 43.0 Å². The van der Waals surface area contributed by atoms with Gasteiger partial charge in [0.05, 0.1) is 0 Å². The summed E-state index contributed by atoms with van der Waals surface area (Å²) in [5.41, 5.74) is 1.01. The highest BCUT2D eigenvalue weighted by Crippen LogP contribution is 2.30. The van der Waals surface area contributed by atoms with Gasteiger partial charge in [-0.1, -0.05) is 0 Å². The summed E-state index contributed by atoms with van der Waals surface area (Å²) in [5, 5.41) is 3.27. The van der Waals surface area contributed by atoms with Crippen LogP contribution < -0.4 is 10.1 Å². The summed E-state index contributed by atoms with van der Waals surface area (Å²) in [4.78, 5) is 0. The Bertz CT molecular complexity index is 408. The van der Waals surface area contributed by atoms with Gasteiger partial charge < -0.3 is 10.1 Å². The summed E-state index contributed by atoms with van der Waals surface area (Å²) >= 11 is 1.95. The largest absolute Gasteiger partial charge is 0.489 e. The summed E-state index contributed by atoms with van der Waals surface area (Å²) in [5.74, 6) is 3.74. The van der Waals surface area contributed by atoms with Crippen molar-refractivity contribution in [1.29, 1.82) is 0 Å². The first kappa shape index (κ1) is 11.4. The first-order chi connectivity index (χ1) is 8.31. The van der Waals surface area contributed by atoms with E-state index in [-0.39, 0.29) is 11.9 Å². The molecule has 1 atom stereocenters. The standard InChI is InChI=1S/C13H16FNOS/c14-11-1-2-13-10(3-11)4-12(16-13)8-17-7-9-5-15-6-9/h1-3,9,12,15H,4-8H2. The molecule has 4 heteroatoms. The van der Waals surface area contributed by atoms with Crippen LogP contribution in [0.3, 0.4) is 0 Å². The molecule has 0 amide bonds. The Morgan fingerprint density at radius 2 is 2.24 bits per heavy atom. The summed E-state index contributed by atoms with van der Waals surface area (Å²) in [6.07, 6.45) is 1.08. The third kappa shape index (κ3) is 2.58. The number of hydrogen-bond acceptors (Lipinski definition) is 3. The molecular weight excluding hydrogens is 237 g/mol. The minimum Gasteiger partial charge on any atom is -0.489 e. The zero-order chi connectivity index (χ0) is 11.7. The zero-order valence-corrected chi connectivity index (χ0v) is 10.4. The van der Waals surface area contributed by atoms with Gasteiger partial charge in [-0.25, -0.2) is 4.39 Å². The molecule has 1 aromatic rings. The number of ether oxygens (including phenoxy) is 1. The van der Waals surface area contributed by atoms with Crippen molar-refractivity contribution in [3.05, 3.63) is 29.6 Å². The SMILES string of the molecule is Fc1ccc2c(c1)CC(CSCC1CNC1)O2. The van der Waals surface area contributed by atoms with Crippen LogP contribution in [-0.2, 0) is 6.42 Å². The van der Waals surface area contributed by atoms with Crippen molar-refractivity contribution in [2.45, 2.75) is 12.5 Å². The first-order valence-corrected chi connectivity index (χ1v) is 7.20. The summed E-state index contributed by atoms with van der Waals surface area (Å²) < 4.78 is 18.8. The van der Waals surface area contributed by atoms with E-state index in [0.29, 0.717) is 0 Å². The molecule has 0 radical (unpaired) electrons. The monoisotopic (exact) mass is 253 g/mol.